The van der Waals surface area contributed by atoms with Crippen molar-refractivity contribution in [2.45, 2.75) is 6.54 Å². The van der Waals surface area contributed by atoms with E-state index in [-0.39, 0.29) is 11.8 Å². The molecule has 0 saturated carbocycles. The zero-order chi connectivity index (χ0) is 18.2. The minimum absolute atomic E-state index is 0.209. The Morgan fingerprint density at radius 3 is 2.48 bits per heavy atom. The van der Waals surface area contributed by atoms with Crippen LogP contribution in [0.5, 0.6) is 5.75 Å². The third-order valence-corrected chi connectivity index (χ3v) is 3.71. The summed E-state index contributed by atoms with van der Waals surface area (Å²) in [6.45, 7) is 1.69. The number of hydrogen-bond donors (Lipinski definition) is 1. The number of rotatable bonds is 7. The first-order chi connectivity index (χ1) is 12.0. The summed E-state index contributed by atoms with van der Waals surface area (Å²) in [5.41, 5.74) is 1.54. The van der Waals surface area contributed by atoms with E-state index >= 15 is 0 Å². The number of urea groups is 1. The minimum atomic E-state index is -0.288. The molecule has 0 atom stereocenters. The first kappa shape index (κ1) is 18.7. The van der Waals surface area contributed by atoms with Crippen LogP contribution in [0.2, 0.25) is 0 Å². The Morgan fingerprint density at radius 1 is 1.12 bits per heavy atom. The number of hydrogen-bond acceptors (Lipinski definition) is 3. The lowest BCUT2D eigenvalue weighted by atomic mass is 10.2. The molecular formula is C19H24FN3O2. The van der Waals surface area contributed by atoms with Gasteiger partial charge in [-0.25, -0.2) is 9.18 Å². The maximum absolute atomic E-state index is 13.1. The Kier molecular flexibility index (Phi) is 6.77. The number of nitrogens with zero attached hydrogens (tertiary/aromatic N) is 2. The summed E-state index contributed by atoms with van der Waals surface area (Å²) in [6.07, 6.45) is 0. The Morgan fingerprint density at radius 2 is 1.84 bits per heavy atom. The summed E-state index contributed by atoms with van der Waals surface area (Å²) in [5, 5.41) is 2.89. The van der Waals surface area contributed by atoms with Crippen LogP contribution in [0, 0.1) is 5.82 Å². The third-order valence-electron chi connectivity index (χ3n) is 3.71. The SMILES string of the molecule is COc1cccc(NC(=O)N(CCN(C)C)Cc2ccc(F)cc2)c1. The molecule has 6 heteroatoms. The molecule has 2 aromatic rings. The molecule has 0 heterocycles. The van der Waals surface area contributed by atoms with Crippen LogP contribution in [0.15, 0.2) is 48.5 Å². The highest BCUT2D eigenvalue weighted by molar-refractivity contribution is 5.89. The van der Waals surface area contributed by atoms with Gasteiger partial charge in [-0.1, -0.05) is 18.2 Å². The molecule has 0 radical (unpaired) electrons. The van der Waals surface area contributed by atoms with Gasteiger partial charge in [0, 0.05) is 31.4 Å². The summed E-state index contributed by atoms with van der Waals surface area (Å²) in [4.78, 5) is 16.4. The molecule has 25 heavy (non-hydrogen) atoms. The number of nitrogens with one attached hydrogen (secondary N) is 1. The summed E-state index contributed by atoms with van der Waals surface area (Å²) >= 11 is 0. The monoisotopic (exact) mass is 345 g/mol. The van der Waals surface area contributed by atoms with Crippen molar-refractivity contribution in [1.29, 1.82) is 0 Å². The lowest BCUT2D eigenvalue weighted by Gasteiger charge is -2.25. The Bertz CT molecular complexity index is 689. The van der Waals surface area contributed by atoms with Crippen molar-refractivity contribution < 1.29 is 13.9 Å². The average molecular weight is 345 g/mol. The highest BCUT2D eigenvalue weighted by Crippen LogP contribution is 2.17. The molecule has 2 rings (SSSR count). The molecular weight excluding hydrogens is 321 g/mol. The molecule has 0 aliphatic carbocycles. The lowest BCUT2D eigenvalue weighted by molar-refractivity contribution is 0.202. The van der Waals surface area contributed by atoms with Crippen LogP contribution in [-0.4, -0.2) is 50.1 Å². The van der Waals surface area contributed by atoms with Gasteiger partial charge in [0.15, 0.2) is 0 Å². The van der Waals surface area contributed by atoms with E-state index in [1.54, 1.807) is 30.2 Å². The molecule has 2 amide bonds. The predicted molar refractivity (Wildman–Crippen MR) is 97.4 cm³/mol. The number of carbonyl (C=O) groups excluding carboxylic acids is 1. The van der Waals surface area contributed by atoms with E-state index in [4.69, 9.17) is 4.74 Å². The van der Waals surface area contributed by atoms with Crippen molar-refractivity contribution in [1.82, 2.24) is 9.80 Å². The molecule has 0 saturated heterocycles. The van der Waals surface area contributed by atoms with E-state index < -0.39 is 0 Å². The first-order valence-corrected chi connectivity index (χ1v) is 8.07. The van der Waals surface area contributed by atoms with Gasteiger partial charge in [-0.2, -0.15) is 0 Å². The molecule has 2 aromatic carbocycles. The largest absolute Gasteiger partial charge is 0.497 e. The Labute approximate surface area is 148 Å². The van der Waals surface area contributed by atoms with E-state index in [1.807, 2.05) is 37.2 Å². The molecule has 5 nitrogen and oxygen atoms in total. The third kappa shape index (κ3) is 6.08. The number of halogens is 1. The molecule has 0 aromatic heterocycles. The summed E-state index contributed by atoms with van der Waals surface area (Å²) in [7, 11) is 5.49. The number of amides is 2. The van der Waals surface area contributed by atoms with E-state index in [0.717, 1.165) is 12.1 Å². The van der Waals surface area contributed by atoms with Gasteiger partial charge in [-0.15, -0.1) is 0 Å². The molecule has 134 valence electrons. The maximum Gasteiger partial charge on any atom is 0.322 e. The topological polar surface area (TPSA) is 44.8 Å². The van der Waals surface area contributed by atoms with Crippen LogP contribution < -0.4 is 10.1 Å². The zero-order valence-electron chi connectivity index (χ0n) is 14.8. The van der Waals surface area contributed by atoms with E-state index in [1.165, 1.54) is 12.1 Å². The van der Waals surface area contributed by atoms with Crippen LogP contribution in [0.4, 0.5) is 14.9 Å². The van der Waals surface area contributed by atoms with Crippen LogP contribution in [0.3, 0.4) is 0 Å². The van der Waals surface area contributed by atoms with E-state index in [0.29, 0.717) is 24.5 Å². The molecule has 0 unspecified atom stereocenters. The maximum atomic E-state index is 13.1. The van der Waals surface area contributed by atoms with E-state index in [2.05, 4.69) is 5.32 Å². The molecule has 0 aliphatic heterocycles. The highest BCUT2D eigenvalue weighted by Gasteiger charge is 2.15. The fourth-order valence-corrected chi connectivity index (χ4v) is 2.29. The van der Waals surface area contributed by atoms with Crippen LogP contribution in [0.25, 0.3) is 0 Å². The van der Waals surface area contributed by atoms with Gasteiger partial charge in [-0.3, -0.25) is 0 Å². The van der Waals surface area contributed by atoms with Crippen molar-refractivity contribution in [2.24, 2.45) is 0 Å². The van der Waals surface area contributed by atoms with Gasteiger partial charge in [0.05, 0.1) is 7.11 Å². The smallest absolute Gasteiger partial charge is 0.322 e. The van der Waals surface area contributed by atoms with Crippen molar-refractivity contribution in [3.05, 3.63) is 59.9 Å². The van der Waals surface area contributed by atoms with Crippen LogP contribution in [-0.2, 0) is 6.54 Å². The molecule has 0 bridgehead atoms. The average Bonchev–Trinajstić information content (AvgIpc) is 2.60. The predicted octanol–water partition coefficient (Wildman–Crippen LogP) is 3.43. The summed E-state index contributed by atoms with van der Waals surface area (Å²) in [5.74, 6) is 0.389. The second-order valence-corrected chi connectivity index (χ2v) is 6.01. The number of likely N-dealkylation sites (N-methyl/N-ethyl adjacent to an activating group) is 1. The second kappa shape index (κ2) is 9.03. The molecule has 0 fully saturated rings. The fraction of sp³-hybridized carbons (Fsp3) is 0.316. The highest BCUT2D eigenvalue weighted by atomic mass is 19.1. The van der Waals surface area contributed by atoms with Gasteiger partial charge in [-0.05, 0) is 43.9 Å². The summed E-state index contributed by atoms with van der Waals surface area (Å²) in [6, 6.07) is 13.2. The minimum Gasteiger partial charge on any atom is -0.497 e. The number of benzene rings is 2. The van der Waals surface area contributed by atoms with Gasteiger partial charge < -0.3 is 19.9 Å². The molecule has 0 aliphatic rings. The van der Waals surface area contributed by atoms with Crippen molar-refractivity contribution >= 4 is 11.7 Å². The van der Waals surface area contributed by atoms with Crippen molar-refractivity contribution in [2.75, 3.05) is 39.6 Å². The molecule has 0 spiro atoms. The quantitative estimate of drug-likeness (QED) is 0.836. The van der Waals surface area contributed by atoms with Gasteiger partial charge >= 0.3 is 6.03 Å². The number of methoxy groups -OCH3 is 1. The Balaban J connectivity index is 2.09. The van der Waals surface area contributed by atoms with Crippen molar-refractivity contribution in [3.8, 4) is 5.75 Å². The van der Waals surface area contributed by atoms with Crippen molar-refractivity contribution in [3.63, 3.8) is 0 Å². The van der Waals surface area contributed by atoms with Gasteiger partial charge in [0.1, 0.15) is 11.6 Å². The van der Waals surface area contributed by atoms with E-state index in [9.17, 15) is 9.18 Å². The lowest BCUT2D eigenvalue weighted by Crippen LogP contribution is -2.39. The fourth-order valence-electron chi connectivity index (χ4n) is 2.29. The van der Waals surface area contributed by atoms with Crippen LogP contribution >= 0.6 is 0 Å². The Hall–Kier alpha value is -2.60. The zero-order valence-corrected chi connectivity index (χ0v) is 14.8. The van der Waals surface area contributed by atoms with Gasteiger partial charge in [0.25, 0.3) is 0 Å². The summed E-state index contributed by atoms with van der Waals surface area (Å²) < 4.78 is 18.3. The standard InChI is InChI=1S/C19H24FN3O2/c1-22(2)11-12-23(14-15-7-9-16(20)10-8-15)19(24)21-17-5-4-6-18(13-17)25-3/h4-10,13H,11-12,14H2,1-3H3,(H,21,24). The first-order valence-electron chi connectivity index (χ1n) is 8.07. The number of carbonyl (C=O) groups is 1. The number of ether oxygens (including phenoxy) is 1. The number of anilines is 1. The molecule has 1 N–H and O–H groups in total. The normalized spacial score (nSPS) is 10.6. The second-order valence-electron chi connectivity index (χ2n) is 6.01. The van der Waals surface area contributed by atoms with Gasteiger partial charge in [0.2, 0.25) is 0 Å². The van der Waals surface area contributed by atoms with Crippen LogP contribution in [0.1, 0.15) is 5.56 Å².